The summed E-state index contributed by atoms with van der Waals surface area (Å²) in [5, 5.41) is 6.60. The number of carbonyl (C=O) groups excluding carboxylic acids is 1. The average Bonchev–Trinajstić information content (AvgIpc) is 2.91. The second kappa shape index (κ2) is 5.87. The molecule has 0 saturated carbocycles. The molecule has 0 aliphatic carbocycles. The molecule has 0 aliphatic heterocycles. The number of carbonyl (C=O) groups is 1. The Hall–Kier alpha value is -2.28. The fourth-order valence-electron chi connectivity index (χ4n) is 1.31. The Morgan fingerprint density at radius 1 is 1.50 bits per heavy atom. The highest BCUT2D eigenvalue weighted by molar-refractivity contribution is 5.90. The van der Waals surface area contributed by atoms with Crippen LogP contribution in [-0.4, -0.2) is 38.9 Å². The molecule has 0 fully saturated rings. The Bertz CT molecular complexity index is 495. The van der Waals surface area contributed by atoms with Crippen molar-refractivity contribution >= 4 is 11.7 Å². The van der Waals surface area contributed by atoms with Gasteiger partial charge in [0.25, 0.3) is 5.91 Å². The van der Waals surface area contributed by atoms with E-state index in [-0.39, 0.29) is 12.5 Å². The molecule has 0 unspecified atom stereocenters. The van der Waals surface area contributed by atoms with Crippen molar-refractivity contribution in [2.24, 2.45) is 0 Å². The molecule has 0 saturated heterocycles. The second-order valence-electron chi connectivity index (χ2n) is 3.43. The lowest BCUT2D eigenvalue weighted by atomic mass is 10.4. The Kier molecular flexibility index (Phi) is 3.98. The molecule has 1 amide bonds. The van der Waals surface area contributed by atoms with E-state index in [4.69, 9.17) is 4.74 Å². The third-order valence-corrected chi connectivity index (χ3v) is 2.14. The lowest BCUT2D eigenvalue weighted by Crippen LogP contribution is -2.18. The maximum Gasteiger partial charge on any atom is 0.251 e. The first kappa shape index (κ1) is 12.2. The zero-order valence-corrected chi connectivity index (χ0v) is 9.91. The van der Waals surface area contributed by atoms with Crippen molar-refractivity contribution in [2.45, 2.75) is 6.92 Å². The highest BCUT2D eigenvalue weighted by Gasteiger charge is 2.03. The van der Waals surface area contributed by atoms with Gasteiger partial charge in [-0.2, -0.15) is 5.10 Å². The largest absolute Gasteiger partial charge is 0.372 e. The summed E-state index contributed by atoms with van der Waals surface area (Å²) in [6.45, 7) is 2.37. The minimum Gasteiger partial charge on any atom is -0.372 e. The minimum atomic E-state index is -0.224. The number of amides is 1. The summed E-state index contributed by atoms with van der Waals surface area (Å²) < 4.78 is 6.57. The van der Waals surface area contributed by atoms with E-state index in [2.05, 4.69) is 20.4 Å². The van der Waals surface area contributed by atoms with Crippen LogP contribution in [0, 0.1) is 0 Å². The molecule has 2 rings (SSSR count). The molecule has 0 atom stereocenters. The van der Waals surface area contributed by atoms with Gasteiger partial charge in [0.2, 0.25) is 0 Å². The van der Waals surface area contributed by atoms with E-state index in [1.807, 2.05) is 6.92 Å². The zero-order valence-electron chi connectivity index (χ0n) is 9.91. The number of pyridine rings is 1. The van der Waals surface area contributed by atoms with Crippen molar-refractivity contribution in [3.63, 3.8) is 0 Å². The number of nitrogens with one attached hydrogen (secondary N) is 1. The van der Waals surface area contributed by atoms with Crippen molar-refractivity contribution in [3.05, 3.63) is 31.0 Å². The van der Waals surface area contributed by atoms with Crippen LogP contribution in [-0.2, 0) is 9.53 Å². The van der Waals surface area contributed by atoms with Gasteiger partial charge in [-0.1, -0.05) is 0 Å². The lowest BCUT2D eigenvalue weighted by molar-refractivity contribution is -0.120. The van der Waals surface area contributed by atoms with E-state index >= 15 is 0 Å². The van der Waals surface area contributed by atoms with E-state index in [0.717, 1.165) is 5.69 Å². The Labute approximate surface area is 104 Å². The van der Waals surface area contributed by atoms with Crippen molar-refractivity contribution in [3.8, 4) is 5.69 Å². The van der Waals surface area contributed by atoms with Crippen LogP contribution in [0.5, 0.6) is 0 Å². The summed E-state index contributed by atoms with van der Waals surface area (Å²) >= 11 is 0. The zero-order chi connectivity index (χ0) is 12.8. The highest BCUT2D eigenvalue weighted by atomic mass is 16.5. The van der Waals surface area contributed by atoms with Crippen LogP contribution in [0.2, 0.25) is 0 Å². The summed E-state index contributed by atoms with van der Waals surface area (Å²) in [6.07, 6.45) is 4.62. The molecule has 7 nitrogen and oxygen atoms in total. The van der Waals surface area contributed by atoms with Gasteiger partial charge in [-0.05, 0) is 19.1 Å². The maximum atomic E-state index is 11.4. The summed E-state index contributed by atoms with van der Waals surface area (Å²) in [5.41, 5.74) is 0.773. The van der Waals surface area contributed by atoms with Gasteiger partial charge in [-0.15, -0.1) is 0 Å². The van der Waals surface area contributed by atoms with Crippen molar-refractivity contribution in [1.82, 2.24) is 19.7 Å². The smallest absolute Gasteiger partial charge is 0.251 e. The lowest BCUT2D eigenvalue weighted by Gasteiger charge is -2.05. The minimum absolute atomic E-state index is 0.0308. The Balaban J connectivity index is 1.98. The third-order valence-electron chi connectivity index (χ3n) is 2.14. The van der Waals surface area contributed by atoms with Gasteiger partial charge in [0.1, 0.15) is 25.1 Å². The molecule has 2 aromatic heterocycles. The molecule has 2 aromatic rings. The third kappa shape index (κ3) is 3.11. The van der Waals surface area contributed by atoms with Gasteiger partial charge in [0.05, 0.1) is 11.9 Å². The number of hydrogen-bond acceptors (Lipinski definition) is 5. The Morgan fingerprint density at radius 3 is 3.00 bits per heavy atom. The molecule has 2 heterocycles. The number of hydrogen-bond donors (Lipinski definition) is 1. The predicted molar refractivity (Wildman–Crippen MR) is 64.3 cm³/mol. The molecular weight excluding hydrogens is 234 g/mol. The molecule has 7 heteroatoms. The number of rotatable bonds is 5. The van der Waals surface area contributed by atoms with Gasteiger partial charge in [0, 0.05) is 6.61 Å². The fraction of sp³-hybridized carbons (Fsp3) is 0.273. The van der Waals surface area contributed by atoms with Crippen molar-refractivity contribution < 1.29 is 9.53 Å². The summed E-state index contributed by atoms with van der Waals surface area (Å²) in [6, 6.07) is 3.48. The van der Waals surface area contributed by atoms with Crippen molar-refractivity contribution in [2.75, 3.05) is 18.5 Å². The molecule has 0 radical (unpaired) electrons. The predicted octanol–water partition coefficient (Wildman–Crippen LogP) is 0.637. The number of ether oxygens (including phenoxy) is 1. The first-order chi connectivity index (χ1) is 8.79. The van der Waals surface area contributed by atoms with Gasteiger partial charge in [-0.25, -0.2) is 14.6 Å². The van der Waals surface area contributed by atoms with Gasteiger partial charge in [0.15, 0.2) is 0 Å². The SMILES string of the molecule is CCOCC(=O)Nc1ccc(-n2cncn2)cn1. The van der Waals surface area contributed by atoms with E-state index in [0.29, 0.717) is 12.4 Å². The van der Waals surface area contributed by atoms with Crippen LogP contribution < -0.4 is 5.32 Å². The van der Waals surface area contributed by atoms with E-state index < -0.39 is 0 Å². The summed E-state index contributed by atoms with van der Waals surface area (Å²) in [7, 11) is 0. The van der Waals surface area contributed by atoms with Crippen LogP contribution in [0.15, 0.2) is 31.0 Å². The number of anilines is 1. The van der Waals surface area contributed by atoms with Gasteiger partial charge < -0.3 is 10.1 Å². The summed E-state index contributed by atoms with van der Waals surface area (Å²) in [5.74, 6) is 0.251. The normalized spacial score (nSPS) is 10.3. The highest BCUT2D eigenvalue weighted by Crippen LogP contribution is 2.07. The molecule has 0 aromatic carbocycles. The molecule has 18 heavy (non-hydrogen) atoms. The monoisotopic (exact) mass is 247 g/mol. The first-order valence-corrected chi connectivity index (χ1v) is 5.48. The average molecular weight is 247 g/mol. The van der Waals surface area contributed by atoms with Crippen LogP contribution in [0.25, 0.3) is 5.69 Å². The fourth-order valence-corrected chi connectivity index (χ4v) is 1.31. The van der Waals surface area contributed by atoms with E-state index in [9.17, 15) is 4.79 Å². The van der Waals surface area contributed by atoms with Gasteiger partial charge in [-0.3, -0.25) is 4.79 Å². The quantitative estimate of drug-likeness (QED) is 0.838. The second-order valence-corrected chi connectivity index (χ2v) is 3.43. The molecule has 0 spiro atoms. The van der Waals surface area contributed by atoms with Crippen molar-refractivity contribution in [1.29, 1.82) is 0 Å². The maximum absolute atomic E-state index is 11.4. The molecule has 0 bridgehead atoms. The number of nitrogens with zero attached hydrogens (tertiary/aromatic N) is 4. The topological polar surface area (TPSA) is 81.9 Å². The van der Waals surface area contributed by atoms with Crippen LogP contribution in [0.3, 0.4) is 0 Å². The van der Waals surface area contributed by atoms with Crippen LogP contribution in [0.4, 0.5) is 5.82 Å². The van der Waals surface area contributed by atoms with E-state index in [1.54, 1.807) is 29.3 Å². The molecule has 94 valence electrons. The first-order valence-electron chi connectivity index (χ1n) is 5.48. The molecular formula is C11H13N5O2. The van der Waals surface area contributed by atoms with Gasteiger partial charge >= 0.3 is 0 Å². The summed E-state index contributed by atoms with van der Waals surface area (Å²) in [4.78, 5) is 19.3. The van der Waals surface area contributed by atoms with E-state index in [1.165, 1.54) is 6.33 Å². The van der Waals surface area contributed by atoms with Crippen LogP contribution in [0.1, 0.15) is 6.92 Å². The number of aromatic nitrogens is 4. The molecule has 0 aliphatic rings. The Morgan fingerprint density at radius 2 is 2.39 bits per heavy atom. The standard InChI is InChI=1S/C11H13N5O2/c1-2-18-6-11(17)15-10-4-3-9(5-13-10)16-8-12-7-14-16/h3-5,7-8H,2,6H2,1H3,(H,13,15,17). The van der Waals surface area contributed by atoms with Crippen LogP contribution >= 0.6 is 0 Å². The molecule has 1 N–H and O–H groups in total.